The van der Waals surface area contributed by atoms with Gasteiger partial charge in [-0.25, -0.2) is 0 Å². The van der Waals surface area contributed by atoms with E-state index in [9.17, 15) is 4.79 Å². The molecule has 0 aromatic heterocycles. The maximum Gasteiger partial charge on any atom is 0.223 e. The predicted molar refractivity (Wildman–Crippen MR) is 102 cm³/mol. The second kappa shape index (κ2) is 5.45. The minimum atomic E-state index is 0.336. The molecule has 1 N–H and O–H groups in total. The summed E-state index contributed by atoms with van der Waals surface area (Å²) in [5.74, 6) is 3.54. The van der Waals surface area contributed by atoms with Crippen LogP contribution in [-0.2, 0) is 4.79 Å². The quantitative estimate of drug-likeness (QED) is 0.877. The SMILES string of the molecule is O=C(NCC1CC2c3ccccc3C1c1ccccc12)C1C2CCCC21. The lowest BCUT2D eigenvalue weighted by Crippen LogP contribution is -2.40. The largest absolute Gasteiger partial charge is 0.356 e. The van der Waals surface area contributed by atoms with Crippen LogP contribution in [0, 0.1) is 23.7 Å². The first-order valence-corrected chi connectivity index (χ1v) is 10.3. The zero-order valence-corrected chi connectivity index (χ0v) is 15.0. The van der Waals surface area contributed by atoms with Crippen LogP contribution in [0.15, 0.2) is 48.5 Å². The Balaban J connectivity index is 1.27. The van der Waals surface area contributed by atoms with Crippen molar-refractivity contribution in [1.82, 2.24) is 5.32 Å². The fourth-order valence-electron chi connectivity index (χ4n) is 6.52. The highest BCUT2D eigenvalue weighted by Gasteiger charge is 2.56. The van der Waals surface area contributed by atoms with Gasteiger partial charge >= 0.3 is 0 Å². The van der Waals surface area contributed by atoms with Crippen LogP contribution in [0.1, 0.15) is 59.8 Å². The van der Waals surface area contributed by atoms with Gasteiger partial charge in [0.2, 0.25) is 5.91 Å². The van der Waals surface area contributed by atoms with Crippen LogP contribution in [0.5, 0.6) is 0 Å². The van der Waals surface area contributed by atoms with Crippen molar-refractivity contribution in [3.63, 3.8) is 0 Å². The molecule has 2 fully saturated rings. The molecule has 5 aliphatic carbocycles. The molecule has 26 heavy (non-hydrogen) atoms. The van der Waals surface area contributed by atoms with Crippen LogP contribution >= 0.6 is 0 Å². The highest BCUT2D eigenvalue weighted by molar-refractivity contribution is 5.82. The van der Waals surface area contributed by atoms with E-state index in [0.29, 0.717) is 41.4 Å². The van der Waals surface area contributed by atoms with Crippen molar-refractivity contribution in [3.8, 4) is 0 Å². The highest BCUT2D eigenvalue weighted by atomic mass is 16.2. The molecular weight excluding hydrogens is 318 g/mol. The maximum absolute atomic E-state index is 12.6. The number of carbonyl (C=O) groups is 1. The lowest BCUT2D eigenvalue weighted by molar-refractivity contribution is -0.123. The first kappa shape index (κ1) is 15.0. The van der Waals surface area contributed by atoms with Crippen molar-refractivity contribution in [2.45, 2.75) is 37.5 Å². The van der Waals surface area contributed by atoms with Gasteiger partial charge in [0, 0.05) is 24.3 Å². The smallest absolute Gasteiger partial charge is 0.223 e. The number of benzene rings is 2. The minimum Gasteiger partial charge on any atom is -0.356 e. The average Bonchev–Trinajstić information content (AvgIpc) is 3.18. The third kappa shape index (κ3) is 2.02. The van der Waals surface area contributed by atoms with E-state index < -0.39 is 0 Å². The van der Waals surface area contributed by atoms with Gasteiger partial charge in [-0.2, -0.15) is 0 Å². The average molecular weight is 343 g/mol. The minimum absolute atomic E-state index is 0.336. The molecule has 0 radical (unpaired) electrons. The summed E-state index contributed by atoms with van der Waals surface area (Å²) in [6.45, 7) is 0.832. The fraction of sp³-hybridized carbons (Fsp3) is 0.458. The third-order valence-corrected chi connectivity index (χ3v) is 7.67. The summed E-state index contributed by atoms with van der Waals surface area (Å²) in [7, 11) is 0. The van der Waals surface area contributed by atoms with Crippen molar-refractivity contribution in [2.24, 2.45) is 23.7 Å². The first-order valence-electron chi connectivity index (χ1n) is 10.3. The molecule has 2 bridgehead atoms. The number of hydrogen-bond donors (Lipinski definition) is 1. The predicted octanol–water partition coefficient (Wildman–Crippen LogP) is 4.45. The van der Waals surface area contributed by atoms with Crippen molar-refractivity contribution in [2.75, 3.05) is 6.54 Å². The molecule has 0 saturated heterocycles. The molecule has 2 aromatic carbocycles. The Kier molecular flexibility index (Phi) is 3.15. The zero-order valence-electron chi connectivity index (χ0n) is 15.0. The van der Waals surface area contributed by atoms with Gasteiger partial charge in [-0.05, 0) is 59.3 Å². The second-order valence-corrected chi connectivity index (χ2v) is 8.81. The molecule has 0 aliphatic heterocycles. The molecule has 3 atom stereocenters. The summed E-state index contributed by atoms with van der Waals surface area (Å²) in [6, 6.07) is 17.9. The Bertz CT molecular complexity index is 830. The number of amides is 1. The van der Waals surface area contributed by atoms with Gasteiger partial charge in [0.25, 0.3) is 0 Å². The fourth-order valence-corrected chi connectivity index (χ4v) is 6.52. The molecule has 2 saturated carbocycles. The molecule has 0 heterocycles. The van der Waals surface area contributed by atoms with Crippen LogP contribution in [0.2, 0.25) is 0 Å². The molecule has 7 rings (SSSR count). The molecule has 1 amide bonds. The van der Waals surface area contributed by atoms with Crippen LogP contribution in [-0.4, -0.2) is 12.5 Å². The number of fused-ring (bicyclic) bond motifs is 2. The van der Waals surface area contributed by atoms with E-state index >= 15 is 0 Å². The Labute approximate surface area is 155 Å². The molecule has 2 aromatic rings. The lowest BCUT2D eigenvalue weighted by Gasteiger charge is -2.45. The summed E-state index contributed by atoms with van der Waals surface area (Å²) < 4.78 is 0. The summed E-state index contributed by atoms with van der Waals surface area (Å²) >= 11 is 0. The number of hydrogen-bond acceptors (Lipinski definition) is 1. The van der Waals surface area contributed by atoms with Crippen LogP contribution in [0.25, 0.3) is 0 Å². The van der Waals surface area contributed by atoms with Gasteiger partial charge in [0.15, 0.2) is 0 Å². The van der Waals surface area contributed by atoms with Gasteiger partial charge in [-0.15, -0.1) is 0 Å². The van der Waals surface area contributed by atoms with Gasteiger partial charge in [0.1, 0.15) is 0 Å². The number of carbonyl (C=O) groups excluding carboxylic acids is 1. The van der Waals surface area contributed by atoms with E-state index in [-0.39, 0.29) is 0 Å². The van der Waals surface area contributed by atoms with Gasteiger partial charge in [-0.1, -0.05) is 55.0 Å². The Morgan fingerprint density at radius 3 is 2.08 bits per heavy atom. The van der Waals surface area contributed by atoms with Crippen LogP contribution in [0.4, 0.5) is 0 Å². The molecule has 0 spiro atoms. The number of rotatable bonds is 3. The number of nitrogens with one attached hydrogen (secondary N) is 1. The van der Waals surface area contributed by atoms with E-state index in [0.717, 1.165) is 13.0 Å². The van der Waals surface area contributed by atoms with Gasteiger partial charge in [0.05, 0.1) is 0 Å². The summed E-state index contributed by atoms with van der Waals surface area (Å²) in [6.07, 6.45) is 5.05. The molecular formula is C24H25NO. The monoisotopic (exact) mass is 343 g/mol. The second-order valence-electron chi connectivity index (χ2n) is 8.81. The normalized spacial score (nSPS) is 35.4. The van der Waals surface area contributed by atoms with Crippen molar-refractivity contribution in [1.29, 1.82) is 0 Å². The lowest BCUT2D eigenvalue weighted by atomic mass is 9.59. The van der Waals surface area contributed by atoms with E-state index in [4.69, 9.17) is 0 Å². The van der Waals surface area contributed by atoms with Crippen molar-refractivity contribution < 1.29 is 4.79 Å². The van der Waals surface area contributed by atoms with E-state index in [2.05, 4.69) is 53.8 Å². The first-order chi connectivity index (χ1) is 12.8. The van der Waals surface area contributed by atoms with Gasteiger partial charge < -0.3 is 5.32 Å². The molecule has 2 heteroatoms. The molecule has 132 valence electrons. The van der Waals surface area contributed by atoms with Crippen molar-refractivity contribution >= 4 is 5.91 Å². The standard InChI is InChI=1S/C24H25NO/c26-24(23-19-10-5-11-20(19)23)25-13-14-12-21-15-6-1-3-8-17(15)22(14)18-9-4-2-7-16(18)21/h1-4,6-9,14,19-23H,5,10-13H2,(H,25,26). The van der Waals surface area contributed by atoms with Crippen LogP contribution < -0.4 is 5.32 Å². The van der Waals surface area contributed by atoms with Crippen LogP contribution in [0.3, 0.4) is 0 Å². The van der Waals surface area contributed by atoms with Crippen molar-refractivity contribution in [3.05, 3.63) is 70.8 Å². The Hall–Kier alpha value is -2.09. The summed E-state index contributed by atoms with van der Waals surface area (Å²) in [4.78, 5) is 12.6. The summed E-state index contributed by atoms with van der Waals surface area (Å²) in [5, 5.41) is 3.35. The van der Waals surface area contributed by atoms with E-state index in [1.54, 1.807) is 0 Å². The third-order valence-electron chi connectivity index (χ3n) is 7.67. The highest BCUT2D eigenvalue weighted by Crippen LogP contribution is 2.58. The Morgan fingerprint density at radius 2 is 1.46 bits per heavy atom. The Morgan fingerprint density at radius 1 is 0.885 bits per heavy atom. The van der Waals surface area contributed by atoms with Gasteiger partial charge in [-0.3, -0.25) is 4.79 Å². The van der Waals surface area contributed by atoms with E-state index in [1.807, 2.05) is 0 Å². The topological polar surface area (TPSA) is 29.1 Å². The molecule has 5 aliphatic rings. The molecule has 3 unspecified atom stereocenters. The van der Waals surface area contributed by atoms with E-state index in [1.165, 1.54) is 41.5 Å². The zero-order chi connectivity index (χ0) is 17.3. The maximum atomic E-state index is 12.6. The summed E-state index contributed by atoms with van der Waals surface area (Å²) in [5.41, 5.74) is 6.00. The molecule has 2 nitrogen and oxygen atoms in total.